The van der Waals surface area contributed by atoms with E-state index in [1.165, 1.54) is 4.90 Å². The van der Waals surface area contributed by atoms with Crippen molar-refractivity contribution >= 4 is 34.7 Å². The van der Waals surface area contributed by atoms with Gasteiger partial charge in [0.25, 0.3) is 5.88 Å². The maximum atomic E-state index is 13.0. The number of methoxy groups -OCH3 is 1. The van der Waals surface area contributed by atoms with Crippen molar-refractivity contribution in [2.75, 3.05) is 20.3 Å². The second-order valence-electron chi connectivity index (χ2n) is 9.79. The molecule has 1 aromatic carbocycles. The minimum atomic E-state index is -0.870. The second-order valence-corrected chi connectivity index (χ2v) is 10.1. The average Bonchev–Trinajstić information content (AvgIpc) is 3.07. The van der Waals surface area contributed by atoms with Crippen LogP contribution < -0.4 is 9.47 Å². The summed E-state index contributed by atoms with van der Waals surface area (Å²) in [6, 6.07) is 4.37. The van der Waals surface area contributed by atoms with Gasteiger partial charge >= 0.3 is 12.1 Å². The zero-order valence-electron chi connectivity index (χ0n) is 20.6. The summed E-state index contributed by atoms with van der Waals surface area (Å²) < 4.78 is 22.4. The van der Waals surface area contributed by atoms with E-state index in [0.29, 0.717) is 16.8 Å². The molecule has 1 saturated heterocycles. The predicted octanol–water partition coefficient (Wildman–Crippen LogP) is 4.49. The van der Waals surface area contributed by atoms with E-state index in [9.17, 15) is 9.59 Å². The van der Waals surface area contributed by atoms with Crippen LogP contribution in [0.5, 0.6) is 11.6 Å². The lowest BCUT2D eigenvalue weighted by molar-refractivity contribution is -0.151. The summed E-state index contributed by atoms with van der Waals surface area (Å²) in [6.07, 6.45) is -1.20. The number of nitrogens with zero attached hydrogens (tertiary/aromatic N) is 3. The molecule has 3 rings (SSSR count). The monoisotopic (exact) mass is 493 g/mol. The van der Waals surface area contributed by atoms with Gasteiger partial charge in [0.2, 0.25) is 0 Å². The van der Waals surface area contributed by atoms with Crippen LogP contribution in [0, 0.1) is 11.8 Å². The zero-order chi connectivity index (χ0) is 25.2. The maximum absolute atomic E-state index is 13.0. The Labute approximate surface area is 204 Å². The first-order valence-electron chi connectivity index (χ1n) is 11.2. The smallest absolute Gasteiger partial charge is 0.411 e. The van der Waals surface area contributed by atoms with E-state index in [1.54, 1.807) is 46.1 Å². The largest absolute Gasteiger partial charge is 0.497 e. The number of hydrogen-bond donors (Lipinski definition) is 0. The molecule has 0 spiro atoms. The van der Waals surface area contributed by atoms with Gasteiger partial charge in [0.1, 0.15) is 23.5 Å². The molecule has 1 aliphatic heterocycles. The molecule has 0 unspecified atom stereocenters. The van der Waals surface area contributed by atoms with Crippen molar-refractivity contribution in [3.8, 4) is 11.6 Å². The van der Waals surface area contributed by atoms with E-state index in [0.717, 1.165) is 0 Å². The van der Waals surface area contributed by atoms with E-state index in [4.69, 9.17) is 30.5 Å². The molecule has 3 atom stereocenters. The molecule has 186 valence electrons. The molecule has 2 heterocycles. The van der Waals surface area contributed by atoms with Crippen LogP contribution in [-0.4, -0.2) is 64.9 Å². The number of amides is 1. The molecule has 0 aliphatic carbocycles. The normalized spacial score (nSPS) is 20.5. The molecule has 1 fully saturated rings. The van der Waals surface area contributed by atoms with Crippen LogP contribution in [0.2, 0.25) is 5.15 Å². The average molecular weight is 494 g/mol. The van der Waals surface area contributed by atoms with Crippen molar-refractivity contribution in [2.45, 2.75) is 59.3 Å². The highest BCUT2D eigenvalue weighted by Crippen LogP contribution is 2.33. The second kappa shape index (κ2) is 10.2. The fraction of sp³-hybridized carbons (Fsp3) is 0.583. The van der Waals surface area contributed by atoms with Gasteiger partial charge in [-0.05, 0) is 38.8 Å². The zero-order valence-corrected chi connectivity index (χ0v) is 21.4. The lowest BCUT2D eigenvalue weighted by Gasteiger charge is -2.28. The van der Waals surface area contributed by atoms with Gasteiger partial charge in [-0.15, -0.1) is 0 Å². The standard InChI is InChI=1S/C24H32ClN3O6/c1-13(2)12-32-22(29)19-14(3)18(11-28(19)23(30)34-24(4,5)6)33-21-20(25)26-16-9-8-15(31-7)10-17(16)27-21/h8-10,13-14,18-19H,11-12H2,1-7H3/t14-,18+,19+/m1/s1. The van der Waals surface area contributed by atoms with Crippen LogP contribution in [0.15, 0.2) is 18.2 Å². The summed E-state index contributed by atoms with van der Waals surface area (Å²) in [7, 11) is 1.56. The van der Waals surface area contributed by atoms with E-state index in [-0.39, 0.29) is 30.1 Å². The first-order valence-corrected chi connectivity index (χ1v) is 11.6. The summed E-state index contributed by atoms with van der Waals surface area (Å²) >= 11 is 6.35. The van der Waals surface area contributed by atoms with E-state index in [1.807, 2.05) is 20.8 Å². The van der Waals surface area contributed by atoms with Crippen LogP contribution in [0.3, 0.4) is 0 Å². The minimum absolute atomic E-state index is 0.0829. The molecule has 10 heteroatoms. The van der Waals surface area contributed by atoms with Crippen molar-refractivity contribution in [3.05, 3.63) is 23.4 Å². The summed E-state index contributed by atoms with van der Waals surface area (Å²) in [5.41, 5.74) is 0.405. The quantitative estimate of drug-likeness (QED) is 0.542. The summed E-state index contributed by atoms with van der Waals surface area (Å²) in [4.78, 5) is 36.1. The molecule has 0 bridgehead atoms. The third-order valence-corrected chi connectivity index (χ3v) is 5.53. The van der Waals surface area contributed by atoms with Crippen LogP contribution >= 0.6 is 11.6 Å². The highest BCUT2D eigenvalue weighted by atomic mass is 35.5. The molecule has 1 aliphatic rings. The van der Waals surface area contributed by atoms with E-state index >= 15 is 0 Å². The molecular formula is C24H32ClN3O6. The van der Waals surface area contributed by atoms with Gasteiger partial charge in [-0.25, -0.2) is 19.6 Å². The Kier molecular flexibility index (Phi) is 7.75. The molecule has 0 saturated carbocycles. The Balaban J connectivity index is 1.88. The number of carbonyl (C=O) groups excluding carboxylic acids is 2. The van der Waals surface area contributed by atoms with Crippen LogP contribution in [-0.2, 0) is 14.3 Å². The van der Waals surface area contributed by atoms with Crippen LogP contribution in [0.1, 0.15) is 41.5 Å². The molecule has 0 N–H and O–H groups in total. The van der Waals surface area contributed by atoms with Crippen molar-refractivity contribution in [2.24, 2.45) is 11.8 Å². The van der Waals surface area contributed by atoms with E-state index < -0.39 is 35.7 Å². The first kappa shape index (κ1) is 25.8. The SMILES string of the molecule is COc1ccc2nc(Cl)c(O[C@H]3CN(C(=O)OC(C)(C)C)[C@H](C(=O)OCC(C)C)[C@@H]3C)nc2c1. The number of likely N-dealkylation sites (tertiary alicyclic amines) is 1. The fourth-order valence-corrected chi connectivity index (χ4v) is 3.81. The van der Waals surface area contributed by atoms with Gasteiger partial charge in [0.05, 0.1) is 31.3 Å². The third-order valence-electron chi connectivity index (χ3n) is 5.29. The summed E-state index contributed by atoms with van der Waals surface area (Å²) in [5, 5.41) is 0.0829. The summed E-state index contributed by atoms with van der Waals surface area (Å²) in [5.74, 6) is -0.0241. The van der Waals surface area contributed by atoms with Crippen molar-refractivity contribution < 1.29 is 28.5 Å². The fourth-order valence-electron chi connectivity index (χ4n) is 3.63. The number of carbonyl (C=O) groups is 2. The molecule has 2 aromatic rings. The number of hydrogen-bond acceptors (Lipinski definition) is 8. The lowest BCUT2D eigenvalue weighted by atomic mass is 10.0. The van der Waals surface area contributed by atoms with Gasteiger partial charge in [0.15, 0.2) is 5.15 Å². The van der Waals surface area contributed by atoms with Gasteiger partial charge in [0, 0.05) is 12.0 Å². The number of rotatable bonds is 6. The third kappa shape index (κ3) is 6.00. The Morgan fingerprint density at radius 1 is 1.21 bits per heavy atom. The summed E-state index contributed by atoms with van der Waals surface area (Å²) in [6.45, 7) is 11.4. The number of benzene rings is 1. The highest BCUT2D eigenvalue weighted by molar-refractivity contribution is 6.31. The van der Waals surface area contributed by atoms with Crippen molar-refractivity contribution in [3.63, 3.8) is 0 Å². The molecule has 1 aromatic heterocycles. The number of esters is 1. The van der Waals surface area contributed by atoms with Gasteiger partial charge in [-0.2, -0.15) is 0 Å². The number of fused-ring (bicyclic) bond motifs is 1. The molecular weight excluding hydrogens is 462 g/mol. The molecule has 0 radical (unpaired) electrons. The van der Waals surface area contributed by atoms with Crippen LogP contribution in [0.4, 0.5) is 4.79 Å². The van der Waals surface area contributed by atoms with Gasteiger partial charge < -0.3 is 18.9 Å². The Morgan fingerprint density at radius 2 is 1.91 bits per heavy atom. The Bertz CT molecular complexity index is 1050. The first-order chi connectivity index (χ1) is 15.9. The molecule has 1 amide bonds. The van der Waals surface area contributed by atoms with Gasteiger partial charge in [-0.3, -0.25) is 4.90 Å². The van der Waals surface area contributed by atoms with Crippen LogP contribution in [0.25, 0.3) is 11.0 Å². The Hall–Kier alpha value is -2.81. The lowest BCUT2D eigenvalue weighted by Crippen LogP contribution is -2.46. The minimum Gasteiger partial charge on any atom is -0.497 e. The maximum Gasteiger partial charge on any atom is 0.411 e. The number of halogens is 1. The van der Waals surface area contributed by atoms with Crippen molar-refractivity contribution in [1.82, 2.24) is 14.9 Å². The molecule has 9 nitrogen and oxygen atoms in total. The highest BCUT2D eigenvalue weighted by Gasteiger charge is 2.49. The van der Waals surface area contributed by atoms with E-state index in [2.05, 4.69) is 9.97 Å². The molecule has 34 heavy (non-hydrogen) atoms. The topological polar surface area (TPSA) is 100 Å². The van der Waals surface area contributed by atoms with Gasteiger partial charge in [-0.1, -0.05) is 32.4 Å². The predicted molar refractivity (Wildman–Crippen MR) is 127 cm³/mol. The Morgan fingerprint density at radius 3 is 2.53 bits per heavy atom. The van der Waals surface area contributed by atoms with Crippen molar-refractivity contribution in [1.29, 1.82) is 0 Å². The number of aromatic nitrogens is 2. The number of ether oxygens (including phenoxy) is 4.